The van der Waals surface area contributed by atoms with Gasteiger partial charge in [0.2, 0.25) is 5.91 Å². The zero-order chi connectivity index (χ0) is 15.1. The minimum Gasteiger partial charge on any atom is -0.481 e. The Balaban J connectivity index is 2.45. The van der Waals surface area contributed by atoms with Crippen molar-refractivity contribution in [2.75, 3.05) is 6.54 Å². The summed E-state index contributed by atoms with van der Waals surface area (Å²) in [5.41, 5.74) is 5.58. The number of aliphatic carboxylic acids is 2. The normalized spacial score (nSPS) is 23.9. The number of nitrogens with two attached hydrogens (primary N) is 1. The third-order valence-corrected chi connectivity index (χ3v) is 3.81. The van der Waals surface area contributed by atoms with Crippen LogP contribution in [0.3, 0.4) is 0 Å². The molecule has 0 aromatic rings. The fraction of sp³-hybridized carbons (Fsp3) is 0.769. The Morgan fingerprint density at radius 3 is 2.20 bits per heavy atom. The number of rotatable bonds is 7. The van der Waals surface area contributed by atoms with E-state index in [0.29, 0.717) is 25.3 Å². The first-order valence-electron chi connectivity index (χ1n) is 6.89. The van der Waals surface area contributed by atoms with Crippen LogP contribution < -0.4 is 11.1 Å². The molecule has 5 N–H and O–H groups in total. The van der Waals surface area contributed by atoms with Crippen molar-refractivity contribution in [1.82, 2.24) is 5.32 Å². The highest BCUT2D eigenvalue weighted by Crippen LogP contribution is 2.28. The first kappa shape index (κ1) is 16.4. The highest BCUT2D eigenvalue weighted by Gasteiger charge is 2.29. The van der Waals surface area contributed by atoms with Crippen molar-refractivity contribution >= 4 is 17.8 Å². The highest BCUT2D eigenvalue weighted by molar-refractivity contribution is 5.85. The van der Waals surface area contributed by atoms with Crippen molar-refractivity contribution in [2.24, 2.45) is 17.6 Å². The number of hydrogen-bond acceptors (Lipinski definition) is 4. The molecule has 1 aliphatic rings. The highest BCUT2D eigenvalue weighted by atomic mass is 16.4. The first-order valence-corrected chi connectivity index (χ1v) is 6.89. The maximum absolute atomic E-state index is 12.0. The summed E-state index contributed by atoms with van der Waals surface area (Å²) in [6, 6.07) is -1.13. The Morgan fingerprint density at radius 2 is 1.75 bits per heavy atom. The molecule has 0 radical (unpaired) electrons. The van der Waals surface area contributed by atoms with E-state index in [2.05, 4.69) is 5.32 Å². The summed E-state index contributed by atoms with van der Waals surface area (Å²) >= 11 is 0. The van der Waals surface area contributed by atoms with Gasteiger partial charge in [-0.25, -0.2) is 4.79 Å². The van der Waals surface area contributed by atoms with Gasteiger partial charge in [0.25, 0.3) is 0 Å². The smallest absolute Gasteiger partial charge is 0.326 e. The van der Waals surface area contributed by atoms with Crippen LogP contribution in [-0.4, -0.2) is 40.6 Å². The van der Waals surface area contributed by atoms with Gasteiger partial charge in [0, 0.05) is 12.3 Å². The topological polar surface area (TPSA) is 130 Å². The monoisotopic (exact) mass is 286 g/mol. The van der Waals surface area contributed by atoms with E-state index < -0.39 is 18.0 Å². The largest absolute Gasteiger partial charge is 0.481 e. The molecular weight excluding hydrogens is 264 g/mol. The second-order valence-electron chi connectivity index (χ2n) is 5.29. The fourth-order valence-corrected chi connectivity index (χ4v) is 2.48. The maximum atomic E-state index is 12.0. The molecule has 1 aliphatic carbocycles. The Hall–Kier alpha value is -1.63. The van der Waals surface area contributed by atoms with Crippen LogP contribution in [0, 0.1) is 11.8 Å². The van der Waals surface area contributed by atoms with E-state index in [9.17, 15) is 14.4 Å². The summed E-state index contributed by atoms with van der Waals surface area (Å²) in [5, 5.41) is 20.0. The molecular formula is C13H22N2O5. The van der Waals surface area contributed by atoms with E-state index >= 15 is 0 Å². The Morgan fingerprint density at radius 1 is 1.15 bits per heavy atom. The number of carbonyl (C=O) groups excluding carboxylic acids is 1. The quantitative estimate of drug-likeness (QED) is 0.528. The summed E-state index contributed by atoms with van der Waals surface area (Å²) in [7, 11) is 0. The second-order valence-corrected chi connectivity index (χ2v) is 5.29. The van der Waals surface area contributed by atoms with E-state index in [1.54, 1.807) is 0 Å². The summed E-state index contributed by atoms with van der Waals surface area (Å²) in [6.07, 6.45) is 2.78. The Kier molecular flexibility index (Phi) is 6.44. The standard InChI is InChI=1S/C13H22N2O5/c14-7-8-1-3-9(4-2-8)12(18)15-10(13(19)20)5-6-11(16)17/h8-10H,1-7,14H2,(H,15,18)(H,16,17)(H,19,20). The van der Waals surface area contributed by atoms with Crippen molar-refractivity contribution in [3.63, 3.8) is 0 Å². The summed E-state index contributed by atoms with van der Waals surface area (Å²) < 4.78 is 0. The van der Waals surface area contributed by atoms with Gasteiger partial charge < -0.3 is 21.3 Å². The van der Waals surface area contributed by atoms with E-state index in [4.69, 9.17) is 15.9 Å². The van der Waals surface area contributed by atoms with Crippen LogP contribution in [-0.2, 0) is 14.4 Å². The molecule has 1 amide bonds. The van der Waals surface area contributed by atoms with Gasteiger partial charge in [-0.3, -0.25) is 9.59 Å². The van der Waals surface area contributed by atoms with Gasteiger partial charge in [-0.2, -0.15) is 0 Å². The van der Waals surface area contributed by atoms with Crippen molar-refractivity contribution in [3.05, 3.63) is 0 Å². The number of carboxylic acid groups (broad SMARTS) is 2. The lowest BCUT2D eigenvalue weighted by molar-refractivity contribution is -0.143. The van der Waals surface area contributed by atoms with Crippen LogP contribution >= 0.6 is 0 Å². The lowest BCUT2D eigenvalue weighted by atomic mass is 9.81. The number of nitrogens with one attached hydrogen (secondary N) is 1. The van der Waals surface area contributed by atoms with Gasteiger partial charge in [-0.15, -0.1) is 0 Å². The van der Waals surface area contributed by atoms with Crippen LogP contribution in [0.1, 0.15) is 38.5 Å². The van der Waals surface area contributed by atoms with Gasteiger partial charge in [-0.1, -0.05) is 0 Å². The molecule has 0 aliphatic heterocycles. The molecule has 7 nitrogen and oxygen atoms in total. The predicted molar refractivity (Wildman–Crippen MR) is 70.9 cm³/mol. The second kappa shape index (κ2) is 7.84. The Labute approximate surface area is 117 Å². The third kappa shape index (κ3) is 5.16. The average molecular weight is 286 g/mol. The van der Waals surface area contributed by atoms with E-state index in [1.807, 2.05) is 0 Å². The van der Waals surface area contributed by atoms with Crippen LogP contribution in [0.2, 0.25) is 0 Å². The zero-order valence-electron chi connectivity index (χ0n) is 11.4. The number of hydrogen-bond donors (Lipinski definition) is 4. The van der Waals surface area contributed by atoms with Crippen molar-refractivity contribution in [2.45, 2.75) is 44.6 Å². The Bertz CT molecular complexity index is 364. The molecule has 7 heteroatoms. The molecule has 1 saturated carbocycles. The van der Waals surface area contributed by atoms with Crippen molar-refractivity contribution < 1.29 is 24.6 Å². The SMILES string of the molecule is NCC1CCC(C(=O)NC(CCC(=O)O)C(=O)O)CC1. The van der Waals surface area contributed by atoms with Crippen LogP contribution in [0.5, 0.6) is 0 Å². The molecule has 1 rings (SSSR count). The third-order valence-electron chi connectivity index (χ3n) is 3.81. The predicted octanol–water partition coefficient (Wildman–Crippen LogP) is 0.186. The molecule has 0 bridgehead atoms. The molecule has 114 valence electrons. The average Bonchev–Trinajstić information content (AvgIpc) is 2.42. The molecule has 0 heterocycles. The van der Waals surface area contributed by atoms with Crippen molar-refractivity contribution in [1.29, 1.82) is 0 Å². The lowest BCUT2D eigenvalue weighted by Crippen LogP contribution is -2.44. The van der Waals surface area contributed by atoms with Gasteiger partial charge in [0.15, 0.2) is 0 Å². The molecule has 1 fully saturated rings. The van der Waals surface area contributed by atoms with E-state index in [-0.39, 0.29) is 24.7 Å². The minimum absolute atomic E-state index is 0.103. The molecule has 0 spiro atoms. The van der Waals surface area contributed by atoms with Gasteiger partial charge in [-0.05, 0) is 44.6 Å². The van der Waals surface area contributed by atoms with Crippen LogP contribution in [0.4, 0.5) is 0 Å². The number of carbonyl (C=O) groups is 3. The molecule has 0 saturated heterocycles. The fourth-order valence-electron chi connectivity index (χ4n) is 2.48. The lowest BCUT2D eigenvalue weighted by Gasteiger charge is -2.27. The summed E-state index contributed by atoms with van der Waals surface area (Å²) in [4.78, 5) is 33.5. The molecule has 0 aromatic carbocycles. The summed E-state index contributed by atoms with van der Waals surface area (Å²) in [6.45, 7) is 0.616. The van der Waals surface area contributed by atoms with Crippen LogP contribution in [0.25, 0.3) is 0 Å². The van der Waals surface area contributed by atoms with Gasteiger partial charge in [0.1, 0.15) is 6.04 Å². The number of carboxylic acids is 2. The van der Waals surface area contributed by atoms with E-state index in [1.165, 1.54) is 0 Å². The summed E-state index contributed by atoms with van der Waals surface area (Å²) in [5.74, 6) is -2.31. The number of amides is 1. The molecule has 1 unspecified atom stereocenters. The van der Waals surface area contributed by atoms with E-state index in [0.717, 1.165) is 12.8 Å². The molecule has 0 aromatic heterocycles. The first-order chi connectivity index (χ1) is 9.43. The van der Waals surface area contributed by atoms with Gasteiger partial charge in [0.05, 0.1) is 0 Å². The molecule has 1 atom stereocenters. The maximum Gasteiger partial charge on any atom is 0.326 e. The van der Waals surface area contributed by atoms with Crippen LogP contribution in [0.15, 0.2) is 0 Å². The molecule has 20 heavy (non-hydrogen) atoms. The van der Waals surface area contributed by atoms with Crippen molar-refractivity contribution in [3.8, 4) is 0 Å². The zero-order valence-corrected chi connectivity index (χ0v) is 11.4. The van der Waals surface area contributed by atoms with Gasteiger partial charge >= 0.3 is 11.9 Å². The minimum atomic E-state index is -1.20.